The van der Waals surface area contributed by atoms with E-state index in [9.17, 15) is 4.79 Å². The zero-order valence-corrected chi connectivity index (χ0v) is 13.1. The summed E-state index contributed by atoms with van der Waals surface area (Å²) in [5.41, 5.74) is 9.74. The number of carbonyl (C=O) groups is 1. The highest BCUT2D eigenvalue weighted by atomic mass is 16.5. The lowest BCUT2D eigenvalue weighted by atomic mass is 9.87. The molecular weight excluding hydrogens is 290 g/mol. The van der Waals surface area contributed by atoms with Crippen LogP contribution in [0.5, 0.6) is 5.75 Å². The topological polar surface area (TPSA) is 76.4 Å². The third-order valence-corrected chi connectivity index (χ3v) is 4.13. The smallest absolute Gasteiger partial charge is 0.319 e. The van der Waals surface area contributed by atoms with Crippen LogP contribution in [-0.4, -0.2) is 13.1 Å². The highest BCUT2D eigenvalue weighted by Crippen LogP contribution is 2.31. The van der Waals surface area contributed by atoms with Gasteiger partial charge in [-0.2, -0.15) is 0 Å². The van der Waals surface area contributed by atoms with E-state index in [0.29, 0.717) is 0 Å². The molecule has 2 amide bonds. The summed E-state index contributed by atoms with van der Waals surface area (Å²) in [6.07, 6.45) is 3.00. The number of nitrogens with one attached hydrogen (secondary N) is 2. The van der Waals surface area contributed by atoms with Gasteiger partial charge in [0.1, 0.15) is 5.75 Å². The second-order valence-corrected chi connectivity index (χ2v) is 5.73. The molecule has 0 fully saturated rings. The van der Waals surface area contributed by atoms with Crippen molar-refractivity contribution in [3.8, 4) is 5.75 Å². The molecule has 0 aliphatic heterocycles. The third kappa shape index (κ3) is 3.56. The fourth-order valence-corrected chi connectivity index (χ4v) is 2.98. The van der Waals surface area contributed by atoms with Crippen LogP contribution in [0.3, 0.4) is 0 Å². The number of benzene rings is 2. The Morgan fingerprint density at radius 2 is 2.00 bits per heavy atom. The summed E-state index contributed by atoms with van der Waals surface area (Å²) in [7, 11) is 1.61. The summed E-state index contributed by atoms with van der Waals surface area (Å²) in [6.45, 7) is 0. The lowest BCUT2D eigenvalue weighted by molar-refractivity contribution is 0.247. The number of ether oxygens (including phenoxy) is 1. The van der Waals surface area contributed by atoms with E-state index in [1.807, 2.05) is 42.5 Å². The maximum absolute atomic E-state index is 12.2. The fourth-order valence-electron chi connectivity index (χ4n) is 2.98. The quantitative estimate of drug-likeness (QED) is 0.760. The van der Waals surface area contributed by atoms with Crippen molar-refractivity contribution in [1.82, 2.24) is 5.32 Å². The molecule has 1 aliphatic rings. The van der Waals surface area contributed by atoms with E-state index in [-0.39, 0.29) is 12.1 Å². The predicted octanol–water partition coefficient (Wildman–Crippen LogP) is 3.48. The van der Waals surface area contributed by atoms with Gasteiger partial charge in [0, 0.05) is 11.4 Å². The SMILES string of the molecule is COc1ccc(NC(=O)NC2CCCc3cc(N)ccc32)cc1. The molecular formula is C18H21N3O2. The van der Waals surface area contributed by atoms with Gasteiger partial charge in [0.05, 0.1) is 13.2 Å². The van der Waals surface area contributed by atoms with Crippen LogP contribution in [0.4, 0.5) is 16.2 Å². The number of nitrogen functional groups attached to an aromatic ring is 1. The number of nitrogens with two attached hydrogens (primary N) is 1. The molecule has 0 spiro atoms. The van der Waals surface area contributed by atoms with Gasteiger partial charge >= 0.3 is 6.03 Å². The molecule has 23 heavy (non-hydrogen) atoms. The Bertz CT molecular complexity index is 698. The molecule has 1 aliphatic carbocycles. The number of hydrogen-bond acceptors (Lipinski definition) is 3. The molecule has 0 aromatic heterocycles. The van der Waals surface area contributed by atoms with Crippen molar-refractivity contribution in [1.29, 1.82) is 0 Å². The zero-order chi connectivity index (χ0) is 16.2. The van der Waals surface area contributed by atoms with Gasteiger partial charge in [-0.05, 0) is 66.8 Å². The van der Waals surface area contributed by atoms with Crippen molar-refractivity contribution in [2.75, 3.05) is 18.2 Å². The Kier molecular flexibility index (Phi) is 4.37. The average Bonchev–Trinajstić information content (AvgIpc) is 2.55. The Balaban J connectivity index is 1.66. The fraction of sp³-hybridized carbons (Fsp3) is 0.278. The highest BCUT2D eigenvalue weighted by Gasteiger charge is 2.21. The molecule has 4 N–H and O–H groups in total. The summed E-state index contributed by atoms with van der Waals surface area (Å²) in [4.78, 5) is 12.2. The molecule has 2 aromatic rings. The number of fused-ring (bicyclic) bond motifs is 1. The summed E-state index contributed by atoms with van der Waals surface area (Å²) >= 11 is 0. The second kappa shape index (κ2) is 6.60. The second-order valence-electron chi connectivity index (χ2n) is 5.73. The minimum Gasteiger partial charge on any atom is -0.497 e. The van der Waals surface area contributed by atoms with Gasteiger partial charge in [0.2, 0.25) is 0 Å². The standard InChI is InChI=1S/C18H21N3O2/c1-23-15-8-6-14(7-9-15)20-18(22)21-17-4-2-3-12-11-13(19)5-10-16(12)17/h5-11,17H,2-4,19H2,1H3,(H2,20,21,22). The van der Waals surface area contributed by atoms with Crippen molar-refractivity contribution < 1.29 is 9.53 Å². The Hall–Kier alpha value is -2.69. The third-order valence-electron chi connectivity index (χ3n) is 4.13. The number of hydrogen-bond donors (Lipinski definition) is 3. The molecule has 0 saturated heterocycles. The first-order valence-electron chi connectivity index (χ1n) is 7.75. The number of anilines is 2. The van der Waals surface area contributed by atoms with Gasteiger partial charge in [-0.15, -0.1) is 0 Å². The van der Waals surface area contributed by atoms with Crippen LogP contribution in [0.2, 0.25) is 0 Å². The molecule has 5 nitrogen and oxygen atoms in total. The van der Waals surface area contributed by atoms with Gasteiger partial charge in [-0.3, -0.25) is 0 Å². The Morgan fingerprint density at radius 3 is 2.74 bits per heavy atom. The molecule has 0 bridgehead atoms. The maximum atomic E-state index is 12.2. The van der Waals surface area contributed by atoms with E-state index in [4.69, 9.17) is 10.5 Å². The highest BCUT2D eigenvalue weighted by molar-refractivity contribution is 5.89. The molecule has 0 heterocycles. The minimum absolute atomic E-state index is 0.0256. The number of amides is 2. The Morgan fingerprint density at radius 1 is 1.22 bits per heavy atom. The molecule has 5 heteroatoms. The lowest BCUT2D eigenvalue weighted by Gasteiger charge is -2.26. The van der Waals surface area contributed by atoms with E-state index in [2.05, 4.69) is 10.6 Å². The van der Waals surface area contributed by atoms with Crippen LogP contribution in [-0.2, 0) is 6.42 Å². The summed E-state index contributed by atoms with van der Waals surface area (Å²) in [6, 6.07) is 13.0. The first kappa shape index (κ1) is 15.2. The molecule has 1 atom stereocenters. The van der Waals surface area contributed by atoms with Crippen LogP contribution in [0.25, 0.3) is 0 Å². The van der Waals surface area contributed by atoms with E-state index in [1.54, 1.807) is 7.11 Å². The van der Waals surface area contributed by atoms with Gasteiger partial charge < -0.3 is 21.1 Å². The molecule has 1 unspecified atom stereocenters. The van der Waals surface area contributed by atoms with Crippen molar-refractivity contribution >= 4 is 17.4 Å². The maximum Gasteiger partial charge on any atom is 0.319 e. The lowest BCUT2D eigenvalue weighted by Crippen LogP contribution is -2.34. The van der Waals surface area contributed by atoms with Crippen LogP contribution in [0.15, 0.2) is 42.5 Å². The molecule has 0 radical (unpaired) electrons. The first-order chi connectivity index (χ1) is 11.2. The van der Waals surface area contributed by atoms with E-state index in [1.165, 1.54) is 5.56 Å². The van der Waals surface area contributed by atoms with Crippen LogP contribution < -0.4 is 21.1 Å². The predicted molar refractivity (Wildman–Crippen MR) is 91.7 cm³/mol. The summed E-state index contributed by atoms with van der Waals surface area (Å²) < 4.78 is 5.11. The van der Waals surface area contributed by atoms with Crippen molar-refractivity contribution in [3.05, 3.63) is 53.6 Å². The summed E-state index contributed by atoms with van der Waals surface area (Å²) in [5.74, 6) is 0.759. The monoisotopic (exact) mass is 311 g/mol. The van der Waals surface area contributed by atoms with Gasteiger partial charge in [0.15, 0.2) is 0 Å². The van der Waals surface area contributed by atoms with Crippen LogP contribution in [0, 0.1) is 0 Å². The normalized spacial score (nSPS) is 16.3. The minimum atomic E-state index is -0.204. The average molecular weight is 311 g/mol. The number of methoxy groups -OCH3 is 1. The number of rotatable bonds is 3. The van der Waals surface area contributed by atoms with Gasteiger partial charge in [-0.1, -0.05) is 6.07 Å². The van der Waals surface area contributed by atoms with Crippen molar-refractivity contribution in [2.24, 2.45) is 0 Å². The molecule has 2 aromatic carbocycles. The van der Waals surface area contributed by atoms with Gasteiger partial charge in [-0.25, -0.2) is 4.79 Å². The van der Waals surface area contributed by atoms with E-state index >= 15 is 0 Å². The van der Waals surface area contributed by atoms with Crippen molar-refractivity contribution in [2.45, 2.75) is 25.3 Å². The number of aryl methyl sites for hydroxylation is 1. The van der Waals surface area contributed by atoms with Crippen LogP contribution >= 0.6 is 0 Å². The largest absolute Gasteiger partial charge is 0.497 e. The van der Waals surface area contributed by atoms with E-state index in [0.717, 1.165) is 42.0 Å². The van der Waals surface area contributed by atoms with Crippen molar-refractivity contribution in [3.63, 3.8) is 0 Å². The summed E-state index contributed by atoms with van der Waals surface area (Å²) in [5, 5.41) is 5.90. The van der Waals surface area contributed by atoms with Crippen LogP contribution in [0.1, 0.15) is 30.0 Å². The number of urea groups is 1. The Labute approximate surface area is 135 Å². The first-order valence-corrected chi connectivity index (χ1v) is 7.75. The van der Waals surface area contributed by atoms with Gasteiger partial charge in [0.25, 0.3) is 0 Å². The molecule has 120 valence electrons. The molecule has 0 saturated carbocycles. The van der Waals surface area contributed by atoms with E-state index < -0.39 is 0 Å². The molecule has 3 rings (SSSR count). The zero-order valence-electron chi connectivity index (χ0n) is 13.1. The number of carbonyl (C=O) groups excluding carboxylic acids is 1.